The lowest BCUT2D eigenvalue weighted by molar-refractivity contribution is 0.414. The van der Waals surface area contributed by atoms with E-state index in [-0.39, 0.29) is 0 Å². The van der Waals surface area contributed by atoms with Gasteiger partial charge in [-0.2, -0.15) is 0 Å². The van der Waals surface area contributed by atoms with Gasteiger partial charge in [-0.05, 0) is 84.2 Å². The van der Waals surface area contributed by atoms with Crippen molar-refractivity contribution >= 4 is 34.7 Å². The molecule has 0 atom stereocenters. The Morgan fingerprint density at radius 2 is 1.94 bits per heavy atom. The van der Waals surface area contributed by atoms with Gasteiger partial charge in [0.15, 0.2) is 0 Å². The van der Waals surface area contributed by atoms with Crippen molar-refractivity contribution in [3.63, 3.8) is 0 Å². The van der Waals surface area contributed by atoms with Gasteiger partial charge in [0.1, 0.15) is 5.75 Å². The van der Waals surface area contributed by atoms with Crippen LogP contribution in [0.25, 0.3) is 17.3 Å². The second kappa shape index (κ2) is 8.75. The Morgan fingerprint density at radius 1 is 1.10 bits per heavy atom. The van der Waals surface area contributed by atoms with Crippen molar-refractivity contribution in [2.45, 2.75) is 13.8 Å². The minimum Gasteiger partial charge on any atom is -0.497 e. The van der Waals surface area contributed by atoms with Crippen molar-refractivity contribution < 1.29 is 4.74 Å². The Balaban J connectivity index is 1.91. The van der Waals surface area contributed by atoms with Gasteiger partial charge in [0.05, 0.1) is 18.5 Å². The van der Waals surface area contributed by atoms with E-state index in [4.69, 9.17) is 21.3 Å². The Morgan fingerprint density at radius 3 is 2.65 bits per heavy atom. The van der Waals surface area contributed by atoms with Gasteiger partial charge in [-0.1, -0.05) is 36.4 Å². The van der Waals surface area contributed by atoms with E-state index >= 15 is 0 Å². The fourth-order valence-electron chi connectivity index (χ4n) is 3.62. The van der Waals surface area contributed by atoms with Crippen molar-refractivity contribution in [1.29, 1.82) is 0 Å². The van der Waals surface area contributed by atoms with E-state index in [0.29, 0.717) is 0 Å². The number of halogens is 1. The van der Waals surface area contributed by atoms with Gasteiger partial charge in [-0.3, -0.25) is 4.98 Å². The topological polar surface area (TPSA) is 34.5 Å². The number of aromatic nitrogens is 1. The Kier molecular flexibility index (Phi) is 5.88. The lowest BCUT2D eigenvalue weighted by Crippen LogP contribution is -2.06. The number of benzene rings is 2. The Bertz CT molecular complexity index is 1250. The molecule has 4 heteroatoms. The van der Waals surface area contributed by atoms with Gasteiger partial charge < -0.3 is 4.74 Å². The van der Waals surface area contributed by atoms with Crippen LogP contribution in [0.4, 0.5) is 0 Å². The highest BCUT2D eigenvalue weighted by Gasteiger charge is 2.19. The van der Waals surface area contributed by atoms with Crippen LogP contribution in [0, 0.1) is 6.92 Å². The fraction of sp³-hybridized carbons (Fsp3) is 0.111. The van der Waals surface area contributed by atoms with E-state index in [9.17, 15) is 0 Å². The summed E-state index contributed by atoms with van der Waals surface area (Å²) in [4.78, 5) is 9.34. The highest BCUT2D eigenvalue weighted by atomic mass is 35.5. The third-order valence-electron chi connectivity index (χ3n) is 5.27. The molecule has 0 radical (unpaired) electrons. The van der Waals surface area contributed by atoms with E-state index in [1.807, 2.05) is 61.7 Å². The summed E-state index contributed by atoms with van der Waals surface area (Å²) in [5, 5.41) is 0.759. The van der Waals surface area contributed by atoms with Crippen LogP contribution in [-0.4, -0.2) is 17.8 Å². The molecule has 1 aromatic heterocycles. The van der Waals surface area contributed by atoms with E-state index in [1.165, 1.54) is 0 Å². The zero-order valence-corrected chi connectivity index (χ0v) is 18.6. The molecule has 0 unspecified atom stereocenters. The predicted molar refractivity (Wildman–Crippen MR) is 131 cm³/mol. The van der Waals surface area contributed by atoms with Gasteiger partial charge in [-0.25, -0.2) is 4.99 Å². The smallest absolute Gasteiger partial charge is 0.119 e. The number of aryl methyl sites for hydroxylation is 1. The molecule has 0 saturated carbocycles. The first-order valence-electron chi connectivity index (χ1n) is 9.99. The maximum absolute atomic E-state index is 6.21. The number of hydrogen-bond acceptors (Lipinski definition) is 3. The predicted octanol–water partition coefficient (Wildman–Crippen LogP) is 7.01. The van der Waals surface area contributed by atoms with E-state index in [1.54, 1.807) is 13.3 Å². The number of nitrogens with zero attached hydrogens (tertiary/aromatic N) is 2. The molecule has 31 heavy (non-hydrogen) atoms. The lowest BCUT2D eigenvalue weighted by Gasteiger charge is -2.13. The quantitative estimate of drug-likeness (QED) is 0.449. The van der Waals surface area contributed by atoms with Crippen LogP contribution in [0.2, 0.25) is 5.02 Å². The van der Waals surface area contributed by atoms with E-state index in [0.717, 1.165) is 61.1 Å². The third-order valence-corrected chi connectivity index (χ3v) is 5.69. The van der Waals surface area contributed by atoms with Crippen LogP contribution in [0.15, 0.2) is 84.1 Å². The largest absolute Gasteiger partial charge is 0.497 e. The van der Waals surface area contributed by atoms with Crippen molar-refractivity contribution in [2.75, 3.05) is 7.11 Å². The summed E-state index contributed by atoms with van der Waals surface area (Å²) in [5.74, 6) is 0.777. The van der Waals surface area contributed by atoms with Crippen molar-refractivity contribution in [2.24, 2.45) is 4.99 Å². The molecular weight excluding hydrogens is 404 g/mol. The molecule has 2 heterocycles. The maximum atomic E-state index is 6.21. The molecule has 2 aromatic carbocycles. The first kappa shape index (κ1) is 20.8. The number of allylic oxidation sites excluding steroid dienone is 3. The molecule has 3 aromatic rings. The number of fused-ring (bicyclic) bond motifs is 1. The number of pyridine rings is 1. The summed E-state index contributed by atoms with van der Waals surface area (Å²) in [7, 11) is 1.67. The molecule has 4 rings (SSSR count). The SMILES string of the molecule is C=C1C=C(c2cccnc2)N=C(C(C)=Cc2ccc(Cl)c(C)c2)c2cc(OC)ccc21. The standard InChI is InChI=1S/C27H23ClN2O/c1-17-14-26(21-6-5-11-29-16-21)30-27(24-15-22(31-4)8-9-23(17)24)19(3)13-20-7-10-25(28)18(2)12-20/h5-16H,1H2,2-4H3. The monoisotopic (exact) mass is 426 g/mol. The number of rotatable bonds is 4. The van der Waals surface area contributed by atoms with Gasteiger partial charge in [0.25, 0.3) is 0 Å². The van der Waals surface area contributed by atoms with Crippen molar-refractivity contribution in [1.82, 2.24) is 4.98 Å². The number of methoxy groups -OCH3 is 1. The van der Waals surface area contributed by atoms with E-state index < -0.39 is 0 Å². The normalized spacial score (nSPS) is 13.8. The summed E-state index contributed by atoms with van der Waals surface area (Å²) < 4.78 is 5.50. The Labute approximate surface area is 188 Å². The highest BCUT2D eigenvalue weighted by Crippen LogP contribution is 2.33. The first-order chi connectivity index (χ1) is 15.0. The molecule has 0 saturated heterocycles. The summed E-state index contributed by atoms with van der Waals surface area (Å²) in [5.41, 5.74) is 8.68. The summed E-state index contributed by atoms with van der Waals surface area (Å²) in [6, 6.07) is 15.9. The minimum absolute atomic E-state index is 0.759. The van der Waals surface area contributed by atoms with Crippen LogP contribution < -0.4 is 4.74 Å². The van der Waals surface area contributed by atoms with Crippen molar-refractivity contribution in [3.8, 4) is 5.75 Å². The summed E-state index contributed by atoms with van der Waals surface area (Å²) in [6.45, 7) is 8.38. The minimum atomic E-state index is 0.759. The van der Waals surface area contributed by atoms with Crippen LogP contribution in [0.1, 0.15) is 34.7 Å². The van der Waals surface area contributed by atoms with Gasteiger partial charge in [-0.15, -0.1) is 0 Å². The molecule has 3 nitrogen and oxygen atoms in total. The van der Waals surface area contributed by atoms with Gasteiger partial charge in [0.2, 0.25) is 0 Å². The molecule has 1 aliphatic heterocycles. The number of ether oxygens (including phenoxy) is 1. The lowest BCUT2D eigenvalue weighted by atomic mass is 9.93. The molecule has 0 aliphatic carbocycles. The second-order valence-corrected chi connectivity index (χ2v) is 7.91. The zero-order valence-electron chi connectivity index (χ0n) is 17.8. The molecular formula is C27H23ClN2O. The molecule has 154 valence electrons. The van der Waals surface area contributed by atoms with Crippen LogP contribution in [0.3, 0.4) is 0 Å². The first-order valence-corrected chi connectivity index (χ1v) is 10.4. The second-order valence-electron chi connectivity index (χ2n) is 7.50. The average Bonchev–Trinajstić information content (AvgIpc) is 2.93. The molecule has 0 fully saturated rings. The van der Waals surface area contributed by atoms with Gasteiger partial charge >= 0.3 is 0 Å². The van der Waals surface area contributed by atoms with Crippen LogP contribution in [0.5, 0.6) is 5.75 Å². The summed E-state index contributed by atoms with van der Waals surface area (Å²) in [6.07, 6.45) is 7.71. The average molecular weight is 427 g/mol. The van der Waals surface area contributed by atoms with Crippen molar-refractivity contribution in [3.05, 3.63) is 112 Å². The molecule has 1 aliphatic rings. The summed E-state index contributed by atoms with van der Waals surface area (Å²) >= 11 is 6.21. The van der Waals surface area contributed by atoms with Gasteiger partial charge in [0, 0.05) is 28.5 Å². The molecule has 0 N–H and O–H groups in total. The molecule has 0 amide bonds. The Hall–Kier alpha value is -3.43. The number of aliphatic imine (C=N–C) groups is 1. The molecule has 0 spiro atoms. The van der Waals surface area contributed by atoms with E-state index in [2.05, 4.69) is 30.6 Å². The highest BCUT2D eigenvalue weighted by molar-refractivity contribution is 6.31. The maximum Gasteiger partial charge on any atom is 0.119 e. The van der Waals surface area contributed by atoms with Crippen LogP contribution >= 0.6 is 11.6 Å². The molecule has 0 bridgehead atoms. The number of hydrogen-bond donors (Lipinski definition) is 0. The third kappa shape index (κ3) is 4.37. The van der Waals surface area contributed by atoms with Crippen LogP contribution in [-0.2, 0) is 0 Å². The zero-order chi connectivity index (χ0) is 22.0. The fourth-order valence-corrected chi connectivity index (χ4v) is 3.74.